The number of nitrogens with one attached hydrogen (secondary N) is 2. The fraction of sp³-hybridized carbons (Fsp3) is 0.455. The van der Waals surface area contributed by atoms with E-state index >= 15 is 0 Å². The molecule has 2 fully saturated rings. The molecule has 1 spiro atoms. The number of carbonyl (C=O) groups is 3. The van der Waals surface area contributed by atoms with Crippen LogP contribution in [0.5, 0.6) is 0 Å². The zero-order valence-corrected chi connectivity index (χ0v) is 19.8. The molecule has 4 rings (SSSR count). The first kappa shape index (κ1) is 25.9. The van der Waals surface area contributed by atoms with Crippen molar-refractivity contribution in [3.05, 3.63) is 40.0 Å². The number of hydrogen-bond acceptors (Lipinski definition) is 6. The topological polar surface area (TPSA) is 118 Å². The summed E-state index contributed by atoms with van der Waals surface area (Å²) >= 11 is 3.45. The molecule has 3 heterocycles. The molecule has 0 bridgehead atoms. The van der Waals surface area contributed by atoms with E-state index in [0.717, 1.165) is 47.0 Å². The molecular formula is C22H23BrF3N3O5. The number of halogens is 4. The van der Waals surface area contributed by atoms with Gasteiger partial charge in [-0.05, 0) is 57.1 Å². The first-order chi connectivity index (χ1) is 15.9. The number of fused-ring (bicyclic) bond motifs is 1. The van der Waals surface area contributed by atoms with Gasteiger partial charge in [0.05, 0.1) is 23.0 Å². The summed E-state index contributed by atoms with van der Waals surface area (Å²) in [4.78, 5) is 38.6. The Hall–Kier alpha value is -2.73. The second-order valence-corrected chi connectivity index (χ2v) is 9.16. The highest BCUT2D eigenvalue weighted by Crippen LogP contribution is 2.41. The minimum absolute atomic E-state index is 0.114. The number of amides is 1. The van der Waals surface area contributed by atoms with Gasteiger partial charge in [-0.2, -0.15) is 13.2 Å². The number of benzene rings is 1. The molecule has 1 unspecified atom stereocenters. The molecule has 8 nitrogen and oxygen atoms in total. The lowest BCUT2D eigenvalue weighted by Gasteiger charge is -2.29. The Balaban J connectivity index is 0.000000406. The van der Waals surface area contributed by atoms with E-state index in [1.165, 1.54) is 0 Å². The number of nitrogens with zero attached hydrogens (tertiary/aromatic N) is 1. The lowest BCUT2D eigenvalue weighted by molar-refractivity contribution is -0.192. The van der Waals surface area contributed by atoms with E-state index in [9.17, 15) is 22.8 Å². The number of aromatic nitrogens is 1. The van der Waals surface area contributed by atoms with Crippen molar-refractivity contribution in [1.29, 1.82) is 0 Å². The Morgan fingerprint density at radius 2 is 1.94 bits per heavy atom. The predicted molar refractivity (Wildman–Crippen MR) is 119 cm³/mol. The van der Waals surface area contributed by atoms with Crippen molar-refractivity contribution >= 4 is 44.7 Å². The monoisotopic (exact) mass is 545 g/mol. The maximum absolute atomic E-state index is 12.8. The number of esters is 1. The zero-order valence-electron chi connectivity index (χ0n) is 18.2. The fourth-order valence-corrected chi connectivity index (χ4v) is 4.45. The van der Waals surface area contributed by atoms with Crippen LogP contribution in [0.1, 0.15) is 35.3 Å². The van der Waals surface area contributed by atoms with Crippen LogP contribution in [0.2, 0.25) is 0 Å². The third-order valence-electron chi connectivity index (χ3n) is 5.76. The van der Waals surface area contributed by atoms with Crippen molar-refractivity contribution in [2.45, 2.75) is 38.5 Å². The van der Waals surface area contributed by atoms with Crippen LogP contribution in [0.25, 0.3) is 10.9 Å². The van der Waals surface area contributed by atoms with Crippen LogP contribution in [0, 0.1) is 12.3 Å². The summed E-state index contributed by atoms with van der Waals surface area (Å²) in [6, 6.07) is 7.49. The standard InChI is InChI=1S/C20H22BrN3O3.C2HF3O2/c1-12-8-16(15-9-13(21)2-3-17(15)24-12)18(25)23-11-14-10-20(19(26)27-14)4-6-22-7-5-20;3-2(4,5)1(6)7/h2-3,8-9,14,22H,4-7,10-11H2,1H3,(H,23,25);(H,6,7). The van der Waals surface area contributed by atoms with Crippen LogP contribution < -0.4 is 10.6 Å². The normalized spacial score (nSPS) is 19.3. The highest BCUT2D eigenvalue weighted by atomic mass is 79.9. The number of rotatable bonds is 3. The molecule has 0 aliphatic carbocycles. The van der Waals surface area contributed by atoms with E-state index in [0.29, 0.717) is 18.5 Å². The molecule has 12 heteroatoms. The number of cyclic esters (lactones) is 1. The molecule has 2 aromatic rings. The summed E-state index contributed by atoms with van der Waals surface area (Å²) in [7, 11) is 0. The van der Waals surface area contributed by atoms with E-state index in [4.69, 9.17) is 14.6 Å². The van der Waals surface area contributed by atoms with Crippen molar-refractivity contribution in [3.8, 4) is 0 Å². The van der Waals surface area contributed by atoms with Crippen LogP contribution >= 0.6 is 15.9 Å². The van der Waals surface area contributed by atoms with Crippen LogP contribution in [0.15, 0.2) is 28.7 Å². The van der Waals surface area contributed by atoms with E-state index in [1.807, 2.05) is 25.1 Å². The number of hydrogen-bond donors (Lipinski definition) is 3. The fourth-order valence-electron chi connectivity index (χ4n) is 4.08. The van der Waals surface area contributed by atoms with Crippen molar-refractivity contribution in [2.75, 3.05) is 19.6 Å². The van der Waals surface area contributed by atoms with Gasteiger partial charge in [-0.3, -0.25) is 14.6 Å². The average molecular weight is 546 g/mol. The van der Waals surface area contributed by atoms with E-state index in [1.54, 1.807) is 6.07 Å². The van der Waals surface area contributed by atoms with Crippen molar-refractivity contribution < 1.29 is 37.4 Å². The Morgan fingerprint density at radius 1 is 1.29 bits per heavy atom. The molecular weight excluding hydrogens is 523 g/mol. The number of piperidine rings is 1. The minimum atomic E-state index is -5.08. The summed E-state index contributed by atoms with van der Waals surface area (Å²) in [6.07, 6.45) is -3.06. The third kappa shape index (κ3) is 6.03. The van der Waals surface area contributed by atoms with Crippen LogP contribution in [0.3, 0.4) is 0 Å². The number of carboxylic acid groups (broad SMARTS) is 1. The number of ether oxygens (including phenoxy) is 1. The summed E-state index contributed by atoms with van der Waals surface area (Å²) in [5.41, 5.74) is 1.78. The van der Waals surface area contributed by atoms with Crippen LogP contribution in [-0.2, 0) is 14.3 Å². The first-order valence-corrected chi connectivity index (χ1v) is 11.3. The Labute approximate surface area is 201 Å². The lowest BCUT2D eigenvalue weighted by atomic mass is 9.76. The molecule has 2 saturated heterocycles. The summed E-state index contributed by atoms with van der Waals surface area (Å²) < 4.78 is 38.2. The van der Waals surface area contributed by atoms with E-state index < -0.39 is 12.1 Å². The second-order valence-electron chi connectivity index (χ2n) is 8.25. The largest absolute Gasteiger partial charge is 0.490 e. The molecule has 1 aromatic carbocycles. The SMILES string of the molecule is Cc1cc(C(=O)NCC2CC3(CCNCC3)C(=O)O2)c2cc(Br)ccc2n1.O=C(O)C(F)(F)F. The minimum Gasteiger partial charge on any atom is -0.475 e. The summed E-state index contributed by atoms with van der Waals surface area (Å²) in [5.74, 6) is -3.05. The van der Waals surface area contributed by atoms with Gasteiger partial charge in [0.2, 0.25) is 0 Å². The lowest BCUT2D eigenvalue weighted by Crippen LogP contribution is -2.39. The maximum Gasteiger partial charge on any atom is 0.490 e. The number of carbonyl (C=O) groups excluding carboxylic acids is 2. The van der Waals surface area contributed by atoms with Crippen molar-refractivity contribution in [2.24, 2.45) is 5.41 Å². The van der Waals surface area contributed by atoms with Crippen LogP contribution in [0.4, 0.5) is 13.2 Å². The molecule has 1 atom stereocenters. The van der Waals surface area contributed by atoms with Gasteiger partial charge < -0.3 is 20.5 Å². The summed E-state index contributed by atoms with van der Waals surface area (Å²) in [5, 5.41) is 14.2. The molecule has 184 valence electrons. The Morgan fingerprint density at radius 3 is 2.56 bits per heavy atom. The van der Waals surface area contributed by atoms with Crippen molar-refractivity contribution in [3.63, 3.8) is 0 Å². The smallest absolute Gasteiger partial charge is 0.475 e. The molecule has 3 N–H and O–H groups in total. The van der Waals surface area contributed by atoms with Gasteiger partial charge in [0, 0.05) is 22.0 Å². The third-order valence-corrected chi connectivity index (χ3v) is 6.26. The van der Waals surface area contributed by atoms with Gasteiger partial charge in [0.15, 0.2) is 0 Å². The number of aryl methyl sites for hydroxylation is 1. The number of alkyl halides is 3. The van der Waals surface area contributed by atoms with Gasteiger partial charge >= 0.3 is 18.1 Å². The molecule has 1 aromatic heterocycles. The van der Waals surface area contributed by atoms with Gasteiger partial charge in [0.1, 0.15) is 6.10 Å². The van der Waals surface area contributed by atoms with E-state index in [2.05, 4.69) is 31.5 Å². The molecule has 2 aliphatic heterocycles. The second kappa shape index (κ2) is 10.3. The Bertz CT molecular complexity index is 1100. The molecule has 0 saturated carbocycles. The van der Waals surface area contributed by atoms with Gasteiger partial charge in [0.25, 0.3) is 5.91 Å². The maximum atomic E-state index is 12.8. The van der Waals surface area contributed by atoms with Gasteiger partial charge in [-0.1, -0.05) is 15.9 Å². The molecule has 0 radical (unpaired) electrons. The number of carboxylic acids is 1. The number of aliphatic carboxylic acids is 1. The Kier molecular flexibility index (Phi) is 7.81. The quantitative estimate of drug-likeness (QED) is 0.506. The molecule has 34 heavy (non-hydrogen) atoms. The average Bonchev–Trinajstić information content (AvgIpc) is 3.06. The first-order valence-electron chi connectivity index (χ1n) is 10.5. The molecule has 1 amide bonds. The highest BCUT2D eigenvalue weighted by Gasteiger charge is 2.49. The zero-order chi connectivity index (χ0) is 25.1. The molecule has 2 aliphatic rings. The van der Waals surface area contributed by atoms with Crippen LogP contribution in [-0.4, -0.2) is 59.9 Å². The highest BCUT2D eigenvalue weighted by molar-refractivity contribution is 9.10. The van der Waals surface area contributed by atoms with E-state index in [-0.39, 0.29) is 23.4 Å². The van der Waals surface area contributed by atoms with Crippen molar-refractivity contribution in [1.82, 2.24) is 15.6 Å². The van der Waals surface area contributed by atoms with Gasteiger partial charge in [-0.25, -0.2) is 4.79 Å². The predicted octanol–water partition coefficient (Wildman–Crippen LogP) is 3.35. The number of pyridine rings is 1. The van der Waals surface area contributed by atoms with Gasteiger partial charge in [-0.15, -0.1) is 0 Å². The summed E-state index contributed by atoms with van der Waals surface area (Å²) in [6.45, 7) is 3.88.